The predicted octanol–water partition coefficient (Wildman–Crippen LogP) is 3.71. The summed E-state index contributed by atoms with van der Waals surface area (Å²) in [4.78, 5) is 8.43. The molecule has 0 saturated heterocycles. The van der Waals surface area contributed by atoms with E-state index in [4.69, 9.17) is 4.74 Å². The van der Waals surface area contributed by atoms with E-state index in [-0.39, 0.29) is 0 Å². The first kappa shape index (κ1) is 12.6. The lowest BCUT2D eigenvalue weighted by molar-refractivity contribution is 0.306. The zero-order valence-corrected chi connectivity index (χ0v) is 10.7. The number of rotatable bonds is 6. The van der Waals surface area contributed by atoms with Crippen molar-refractivity contribution in [2.75, 3.05) is 6.61 Å². The van der Waals surface area contributed by atoms with Crippen molar-refractivity contribution in [2.45, 2.75) is 26.2 Å². The lowest BCUT2D eigenvalue weighted by Gasteiger charge is -2.06. The van der Waals surface area contributed by atoms with Gasteiger partial charge in [-0.05, 0) is 36.8 Å². The number of hydrogen-bond acceptors (Lipinski definition) is 3. The highest BCUT2D eigenvalue weighted by atomic mass is 16.5. The van der Waals surface area contributed by atoms with Gasteiger partial charge in [-0.3, -0.25) is 0 Å². The van der Waals surface area contributed by atoms with Crippen LogP contribution in [-0.2, 0) is 0 Å². The smallest absolute Gasteiger partial charge is 0.159 e. The van der Waals surface area contributed by atoms with Crippen LogP contribution in [0, 0.1) is 0 Å². The third-order valence-electron chi connectivity index (χ3n) is 2.69. The lowest BCUT2D eigenvalue weighted by Crippen LogP contribution is -1.96. The highest BCUT2D eigenvalue weighted by Gasteiger charge is 2.00. The van der Waals surface area contributed by atoms with Crippen molar-refractivity contribution in [2.24, 2.45) is 0 Å². The van der Waals surface area contributed by atoms with Gasteiger partial charge < -0.3 is 4.74 Å². The van der Waals surface area contributed by atoms with E-state index in [0.717, 1.165) is 30.2 Å². The Bertz CT molecular complexity index is 454. The van der Waals surface area contributed by atoms with Crippen molar-refractivity contribution >= 4 is 0 Å². The van der Waals surface area contributed by atoms with Gasteiger partial charge in [0.2, 0.25) is 0 Å². The van der Waals surface area contributed by atoms with Gasteiger partial charge in [0, 0.05) is 18.0 Å². The molecule has 1 heterocycles. The third-order valence-corrected chi connectivity index (χ3v) is 2.69. The maximum absolute atomic E-state index is 5.66. The summed E-state index contributed by atoms with van der Waals surface area (Å²) in [7, 11) is 0. The molecule has 0 amide bonds. The second-order valence-electron chi connectivity index (χ2n) is 4.15. The van der Waals surface area contributed by atoms with E-state index in [0.29, 0.717) is 0 Å². The van der Waals surface area contributed by atoms with Crippen LogP contribution < -0.4 is 4.74 Å². The van der Waals surface area contributed by atoms with E-state index in [2.05, 4.69) is 16.9 Å². The van der Waals surface area contributed by atoms with Gasteiger partial charge >= 0.3 is 0 Å². The van der Waals surface area contributed by atoms with E-state index < -0.39 is 0 Å². The fourth-order valence-corrected chi connectivity index (χ4v) is 1.69. The molecule has 0 saturated carbocycles. The Morgan fingerprint density at radius 1 is 1.00 bits per heavy atom. The van der Waals surface area contributed by atoms with Crippen LogP contribution in [0.15, 0.2) is 42.7 Å². The zero-order chi connectivity index (χ0) is 12.6. The maximum Gasteiger partial charge on any atom is 0.159 e. The van der Waals surface area contributed by atoms with Gasteiger partial charge in [0.05, 0.1) is 6.61 Å². The maximum atomic E-state index is 5.66. The summed E-state index contributed by atoms with van der Waals surface area (Å²) in [6.45, 7) is 2.98. The summed E-state index contributed by atoms with van der Waals surface area (Å²) in [5, 5.41) is 0. The first-order chi connectivity index (χ1) is 8.90. The zero-order valence-electron chi connectivity index (χ0n) is 10.7. The molecule has 94 valence electrons. The van der Waals surface area contributed by atoms with Gasteiger partial charge in [0.15, 0.2) is 5.82 Å². The minimum atomic E-state index is 0.745. The van der Waals surface area contributed by atoms with Crippen LogP contribution in [0.4, 0.5) is 0 Å². The molecule has 0 aliphatic carbocycles. The number of aromatic nitrogens is 2. The molecule has 0 unspecified atom stereocenters. The number of nitrogens with zero attached hydrogens (tertiary/aromatic N) is 2. The number of unbranched alkanes of at least 4 members (excludes halogenated alkanes) is 2. The number of benzene rings is 1. The molecule has 0 aliphatic rings. The minimum absolute atomic E-state index is 0.745. The number of ether oxygens (including phenoxy) is 1. The van der Waals surface area contributed by atoms with Crippen molar-refractivity contribution in [1.82, 2.24) is 9.97 Å². The monoisotopic (exact) mass is 242 g/mol. The van der Waals surface area contributed by atoms with Crippen LogP contribution in [0.1, 0.15) is 26.2 Å². The van der Waals surface area contributed by atoms with Crippen molar-refractivity contribution in [3.05, 3.63) is 42.7 Å². The fraction of sp³-hybridized carbons (Fsp3) is 0.333. The van der Waals surface area contributed by atoms with Gasteiger partial charge in [-0.2, -0.15) is 0 Å². The Kier molecular flexibility index (Phi) is 4.70. The van der Waals surface area contributed by atoms with E-state index in [1.165, 1.54) is 12.8 Å². The average Bonchev–Trinajstić information content (AvgIpc) is 2.45. The van der Waals surface area contributed by atoms with Crippen molar-refractivity contribution in [3.8, 4) is 17.1 Å². The molecule has 0 N–H and O–H groups in total. The van der Waals surface area contributed by atoms with Crippen LogP contribution in [0.2, 0.25) is 0 Å². The van der Waals surface area contributed by atoms with Crippen LogP contribution in [0.5, 0.6) is 5.75 Å². The summed E-state index contributed by atoms with van der Waals surface area (Å²) < 4.78 is 5.66. The summed E-state index contributed by atoms with van der Waals surface area (Å²) in [5.41, 5.74) is 1.01. The van der Waals surface area contributed by atoms with Crippen LogP contribution in [-0.4, -0.2) is 16.6 Å². The Morgan fingerprint density at radius 2 is 1.72 bits per heavy atom. The lowest BCUT2D eigenvalue weighted by atomic mass is 10.2. The molecule has 0 spiro atoms. The Hall–Kier alpha value is -1.90. The van der Waals surface area contributed by atoms with Crippen molar-refractivity contribution in [1.29, 1.82) is 0 Å². The molecule has 1 aromatic heterocycles. The summed E-state index contributed by atoms with van der Waals surface area (Å²) >= 11 is 0. The summed E-state index contributed by atoms with van der Waals surface area (Å²) in [6.07, 6.45) is 7.04. The SMILES string of the molecule is CCCCCOc1ccc(-c2ncccn2)cc1. The molecular formula is C15H18N2O. The molecule has 3 heteroatoms. The molecule has 0 aliphatic heterocycles. The van der Waals surface area contributed by atoms with E-state index >= 15 is 0 Å². The highest BCUT2D eigenvalue weighted by Crippen LogP contribution is 2.18. The predicted molar refractivity (Wildman–Crippen MR) is 72.5 cm³/mol. The molecule has 3 nitrogen and oxygen atoms in total. The normalized spacial score (nSPS) is 10.3. The van der Waals surface area contributed by atoms with Gasteiger partial charge in [0.1, 0.15) is 5.75 Å². The van der Waals surface area contributed by atoms with Gasteiger partial charge in [-0.15, -0.1) is 0 Å². The molecule has 2 rings (SSSR count). The Labute approximate surface area is 108 Å². The van der Waals surface area contributed by atoms with Crippen molar-refractivity contribution < 1.29 is 4.74 Å². The van der Waals surface area contributed by atoms with E-state index in [9.17, 15) is 0 Å². The van der Waals surface area contributed by atoms with Crippen LogP contribution in [0.25, 0.3) is 11.4 Å². The molecular weight excluding hydrogens is 224 g/mol. The summed E-state index contributed by atoms with van der Waals surface area (Å²) in [6, 6.07) is 9.74. The van der Waals surface area contributed by atoms with E-state index in [1.54, 1.807) is 12.4 Å². The quantitative estimate of drug-likeness (QED) is 0.724. The second-order valence-corrected chi connectivity index (χ2v) is 4.15. The second kappa shape index (κ2) is 6.74. The first-order valence-electron chi connectivity index (χ1n) is 6.40. The van der Waals surface area contributed by atoms with Gasteiger partial charge in [-0.25, -0.2) is 9.97 Å². The minimum Gasteiger partial charge on any atom is -0.494 e. The largest absolute Gasteiger partial charge is 0.494 e. The molecule has 0 radical (unpaired) electrons. The molecule has 2 aromatic rings. The molecule has 1 aromatic carbocycles. The average molecular weight is 242 g/mol. The molecule has 0 fully saturated rings. The molecule has 0 bridgehead atoms. The number of hydrogen-bond donors (Lipinski definition) is 0. The topological polar surface area (TPSA) is 35.0 Å². The first-order valence-corrected chi connectivity index (χ1v) is 6.40. The Balaban J connectivity index is 1.94. The van der Waals surface area contributed by atoms with Crippen LogP contribution in [0.3, 0.4) is 0 Å². The third kappa shape index (κ3) is 3.55. The van der Waals surface area contributed by atoms with Crippen molar-refractivity contribution in [3.63, 3.8) is 0 Å². The highest BCUT2D eigenvalue weighted by molar-refractivity contribution is 5.55. The van der Waals surface area contributed by atoms with E-state index in [1.807, 2.05) is 30.3 Å². The molecule has 0 atom stereocenters. The van der Waals surface area contributed by atoms with Gasteiger partial charge in [-0.1, -0.05) is 19.8 Å². The Morgan fingerprint density at radius 3 is 2.39 bits per heavy atom. The standard InChI is InChI=1S/C15H18N2O/c1-2-3-4-12-18-14-8-6-13(7-9-14)15-16-10-5-11-17-15/h5-11H,2-4,12H2,1H3. The fourth-order valence-electron chi connectivity index (χ4n) is 1.69. The molecule has 18 heavy (non-hydrogen) atoms. The van der Waals surface area contributed by atoms with Gasteiger partial charge in [0.25, 0.3) is 0 Å². The summed E-state index contributed by atoms with van der Waals surface area (Å²) in [5.74, 6) is 1.65. The van der Waals surface area contributed by atoms with Crippen LogP contribution >= 0.6 is 0 Å².